The Kier molecular flexibility index (Phi) is 5.00. The maximum Gasteiger partial charge on any atom is 0.101 e. The molecule has 0 unspecified atom stereocenters. The fraction of sp³-hybridized carbons (Fsp3) is 0.385. The number of rotatable bonds is 4. The van der Waals surface area contributed by atoms with Crippen LogP contribution in [-0.4, -0.2) is 12.6 Å². The second-order valence-corrected chi connectivity index (χ2v) is 4.88. The van der Waals surface area contributed by atoms with Crippen molar-refractivity contribution < 1.29 is 0 Å². The van der Waals surface area contributed by atoms with Gasteiger partial charge in [-0.1, -0.05) is 15.9 Å². The predicted octanol–water partition coefficient (Wildman–Crippen LogP) is 3.45. The highest BCUT2D eigenvalue weighted by molar-refractivity contribution is 9.10. The zero-order valence-electron chi connectivity index (χ0n) is 9.94. The molecule has 0 radical (unpaired) electrons. The third-order valence-corrected chi connectivity index (χ3v) is 2.97. The predicted molar refractivity (Wildman–Crippen MR) is 71.6 cm³/mol. The SMILES string of the molecule is CC(C)N(CCC#N)c1ccc(Br)cc1C#N. The molecule has 4 heteroatoms. The van der Waals surface area contributed by atoms with E-state index in [0.717, 1.165) is 10.2 Å². The van der Waals surface area contributed by atoms with Crippen molar-refractivity contribution in [2.45, 2.75) is 26.3 Å². The molecule has 1 aromatic carbocycles. The Bertz CT molecular complexity index is 469. The Morgan fingerprint density at radius 3 is 2.59 bits per heavy atom. The van der Waals surface area contributed by atoms with Crippen molar-refractivity contribution in [2.75, 3.05) is 11.4 Å². The van der Waals surface area contributed by atoms with Crippen molar-refractivity contribution in [2.24, 2.45) is 0 Å². The van der Waals surface area contributed by atoms with Crippen molar-refractivity contribution in [3.63, 3.8) is 0 Å². The molecule has 0 spiro atoms. The minimum absolute atomic E-state index is 0.261. The van der Waals surface area contributed by atoms with Gasteiger partial charge in [-0.15, -0.1) is 0 Å². The molecule has 1 aromatic rings. The Labute approximate surface area is 110 Å². The van der Waals surface area contributed by atoms with Crippen LogP contribution in [0.5, 0.6) is 0 Å². The van der Waals surface area contributed by atoms with E-state index in [1.807, 2.05) is 12.1 Å². The van der Waals surface area contributed by atoms with Gasteiger partial charge < -0.3 is 4.90 Å². The van der Waals surface area contributed by atoms with Gasteiger partial charge >= 0.3 is 0 Å². The average molecular weight is 292 g/mol. The van der Waals surface area contributed by atoms with Crippen LogP contribution in [0.1, 0.15) is 25.8 Å². The first-order valence-electron chi connectivity index (χ1n) is 5.43. The molecule has 0 aliphatic carbocycles. The number of hydrogen-bond donors (Lipinski definition) is 0. The monoisotopic (exact) mass is 291 g/mol. The molecule has 0 aliphatic rings. The Morgan fingerprint density at radius 1 is 1.35 bits per heavy atom. The fourth-order valence-corrected chi connectivity index (χ4v) is 2.04. The normalized spacial score (nSPS) is 9.76. The highest BCUT2D eigenvalue weighted by atomic mass is 79.9. The van der Waals surface area contributed by atoms with Gasteiger partial charge in [0.1, 0.15) is 6.07 Å². The number of anilines is 1. The first kappa shape index (κ1) is 13.5. The number of nitrogens with zero attached hydrogens (tertiary/aromatic N) is 3. The maximum absolute atomic E-state index is 9.14. The lowest BCUT2D eigenvalue weighted by Gasteiger charge is -2.29. The van der Waals surface area contributed by atoms with Gasteiger partial charge in [0.25, 0.3) is 0 Å². The van der Waals surface area contributed by atoms with Crippen LogP contribution in [0.4, 0.5) is 5.69 Å². The van der Waals surface area contributed by atoms with E-state index in [1.165, 1.54) is 0 Å². The molecule has 0 atom stereocenters. The summed E-state index contributed by atoms with van der Waals surface area (Å²) in [6.45, 7) is 4.76. The zero-order chi connectivity index (χ0) is 12.8. The topological polar surface area (TPSA) is 50.8 Å². The van der Waals surface area contributed by atoms with E-state index in [4.69, 9.17) is 10.5 Å². The van der Waals surface area contributed by atoms with Crippen LogP contribution in [0.15, 0.2) is 22.7 Å². The maximum atomic E-state index is 9.14. The van der Waals surface area contributed by atoms with E-state index in [1.54, 1.807) is 6.07 Å². The number of benzene rings is 1. The largest absolute Gasteiger partial charge is 0.367 e. The average Bonchev–Trinajstić information content (AvgIpc) is 2.30. The molecule has 0 saturated heterocycles. The summed E-state index contributed by atoms with van der Waals surface area (Å²) in [5.41, 5.74) is 1.52. The van der Waals surface area contributed by atoms with E-state index in [9.17, 15) is 0 Å². The molecule has 0 fully saturated rings. The second kappa shape index (κ2) is 6.27. The van der Waals surface area contributed by atoms with Gasteiger partial charge in [-0.25, -0.2) is 0 Å². The van der Waals surface area contributed by atoms with Crippen molar-refractivity contribution >= 4 is 21.6 Å². The smallest absolute Gasteiger partial charge is 0.101 e. The number of halogens is 1. The van der Waals surface area contributed by atoms with E-state index in [0.29, 0.717) is 18.5 Å². The van der Waals surface area contributed by atoms with Gasteiger partial charge in [0.05, 0.1) is 23.7 Å². The molecule has 3 nitrogen and oxygen atoms in total. The lowest BCUT2D eigenvalue weighted by Crippen LogP contribution is -2.32. The number of nitriles is 2. The van der Waals surface area contributed by atoms with E-state index in [2.05, 4.69) is 46.8 Å². The molecular formula is C13H14BrN3. The van der Waals surface area contributed by atoms with Crippen LogP contribution < -0.4 is 4.90 Å². The van der Waals surface area contributed by atoms with Crippen LogP contribution in [0.25, 0.3) is 0 Å². The summed E-state index contributed by atoms with van der Waals surface area (Å²) in [5, 5.41) is 17.8. The van der Waals surface area contributed by atoms with Crippen molar-refractivity contribution in [1.29, 1.82) is 10.5 Å². The van der Waals surface area contributed by atoms with Gasteiger partial charge in [0, 0.05) is 17.1 Å². The summed E-state index contributed by atoms with van der Waals surface area (Å²) in [5.74, 6) is 0. The summed E-state index contributed by atoms with van der Waals surface area (Å²) >= 11 is 3.35. The van der Waals surface area contributed by atoms with Crippen molar-refractivity contribution in [1.82, 2.24) is 0 Å². The van der Waals surface area contributed by atoms with Gasteiger partial charge in [0.15, 0.2) is 0 Å². The third-order valence-electron chi connectivity index (χ3n) is 2.48. The fourth-order valence-electron chi connectivity index (χ4n) is 1.68. The summed E-state index contributed by atoms with van der Waals surface area (Å²) < 4.78 is 0.891. The van der Waals surface area contributed by atoms with Crippen molar-refractivity contribution in [3.8, 4) is 12.1 Å². The van der Waals surface area contributed by atoms with Gasteiger partial charge in [-0.3, -0.25) is 0 Å². The van der Waals surface area contributed by atoms with Crippen LogP contribution in [0, 0.1) is 22.7 Å². The van der Waals surface area contributed by atoms with Gasteiger partial charge in [0.2, 0.25) is 0 Å². The molecule has 17 heavy (non-hydrogen) atoms. The molecular weight excluding hydrogens is 278 g/mol. The minimum Gasteiger partial charge on any atom is -0.367 e. The van der Waals surface area contributed by atoms with Crippen molar-refractivity contribution in [3.05, 3.63) is 28.2 Å². The molecule has 0 saturated carbocycles. The minimum atomic E-state index is 0.261. The molecule has 0 bridgehead atoms. The summed E-state index contributed by atoms with van der Waals surface area (Å²) in [6.07, 6.45) is 0.457. The standard InChI is InChI=1S/C13H14BrN3/c1-10(2)17(7-3-6-15)13-5-4-12(14)8-11(13)9-16/h4-5,8,10H,3,7H2,1-2H3. The molecule has 0 N–H and O–H groups in total. The lowest BCUT2D eigenvalue weighted by molar-refractivity contribution is 0.686. The van der Waals surface area contributed by atoms with Crippen LogP contribution >= 0.6 is 15.9 Å². The highest BCUT2D eigenvalue weighted by Gasteiger charge is 2.14. The van der Waals surface area contributed by atoms with Crippen LogP contribution in [0.2, 0.25) is 0 Å². The molecule has 0 amide bonds. The first-order valence-corrected chi connectivity index (χ1v) is 6.22. The van der Waals surface area contributed by atoms with E-state index < -0.39 is 0 Å². The number of hydrogen-bond acceptors (Lipinski definition) is 3. The van der Waals surface area contributed by atoms with Crippen LogP contribution in [-0.2, 0) is 0 Å². The summed E-state index contributed by atoms with van der Waals surface area (Å²) in [6, 6.07) is 10.2. The van der Waals surface area contributed by atoms with E-state index in [-0.39, 0.29) is 6.04 Å². The second-order valence-electron chi connectivity index (χ2n) is 3.97. The highest BCUT2D eigenvalue weighted by Crippen LogP contribution is 2.25. The van der Waals surface area contributed by atoms with Gasteiger partial charge in [-0.05, 0) is 32.0 Å². The Balaban J connectivity index is 3.11. The molecule has 88 valence electrons. The first-order chi connectivity index (χ1) is 8.10. The van der Waals surface area contributed by atoms with Crippen LogP contribution in [0.3, 0.4) is 0 Å². The lowest BCUT2D eigenvalue weighted by atomic mass is 10.1. The Hall–Kier alpha value is -1.52. The molecule has 1 rings (SSSR count). The van der Waals surface area contributed by atoms with Gasteiger partial charge in [-0.2, -0.15) is 10.5 Å². The summed E-state index contributed by atoms with van der Waals surface area (Å²) in [7, 11) is 0. The third kappa shape index (κ3) is 3.47. The molecule has 0 aliphatic heterocycles. The quantitative estimate of drug-likeness (QED) is 0.854. The van der Waals surface area contributed by atoms with E-state index >= 15 is 0 Å². The Morgan fingerprint density at radius 2 is 2.06 bits per heavy atom. The summed E-state index contributed by atoms with van der Waals surface area (Å²) in [4.78, 5) is 2.08. The molecule has 0 aromatic heterocycles. The zero-order valence-corrected chi connectivity index (χ0v) is 11.5. The molecule has 0 heterocycles.